The first-order valence-electron chi connectivity index (χ1n) is 8.26. The second-order valence-electron chi connectivity index (χ2n) is 6.10. The Bertz CT molecular complexity index is 830. The zero-order valence-electron chi connectivity index (χ0n) is 14.0. The average Bonchev–Trinajstić information content (AvgIpc) is 2.97. The van der Waals surface area contributed by atoms with E-state index < -0.39 is 5.97 Å². The van der Waals surface area contributed by atoms with Gasteiger partial charge in [-0.2, -0.15) is 0 Å². The van der Waals surface area contributed by atoms with E-state index in [1.165, 1.54) is 6.07 Å². The van der Waals surface area contributed by atoms with E-state index in [-0.39, 0.29) is 24.3 Å². The van der Waals surface area contributed by atoms with Crippen LogP contribution in [0.25, 0.3) is 0 Å². The Morgan fingerprint density at radius 3 is 2.76 bits per heavy atom. The fourth-order valence-electron chi connectivity index (χ4n) is 3.21. The molecule has 0 saturated carbocycles. The van der Waals surface area contributed by atoms with Crippen LogP contribution in [-0.2, 0) is 11.2 Å². The molecule has 1 N–H and O–H groups in total. The van der Waals surface area contributed by atoms with Crippen molar-refractivity contribution in [3.63, 3.8) is 0 Å². The zero-order valence-corrected chi connectivity index (χ0v) is 14.0. The van der Waals surface area contributed by atoms with Crippen molar-refractivity contribution in [2.24, 2.45) is 0 Å². The molecule has 2 atom stereocenters. The molecule has 1 aliphatic rings. The minimum atomic E-state index is -0.872. The largest absolute Gasteiger partial charge is 0.486 e. The highest BCUT2D eigenvalue weighted by atomic mass is 19.1. The van der Waals surface area contributed by atoms with E-state index in [2.05, 4.69) is 11.8 Å². The summed E-state index contributed by atoms with van der Waals surface area (Å²) >= 11 is 0. The summed E-state index contributed by atoms with van der Waals surface area (Å²) in [6.45, 7) is 1.70. The number of carboxylic acid groups (broad SMARTS) is 1. The number of aliphatic carboxylic acids is 1. The molecule has 3 nitrogen and oxygen atoms in total. The summed E-state index contributed by atoms with van der Waals surface area (Å²) in [6, 6.07) is 12.2. The maximum absolute atomic E-state index is 13.3. The van der Waals surface area contributed by atoms with Gasteiger partial charge in [0.25, 0.3) is 0 Å². The average molecular weight is 338 g/mol. The van der Waals surface area contributed by atoms with Crippen molar-refractivity contribution in [3.8, 4) is 17.6 Å². The first-order valence-corrected chi connectivity index (χ1v) is 8.26. The summed E-state index contributed by atoms with van der Waals surface area (Å²) < 4.78 is 19.3. The fraction of sp³-hybridized carbons (Fsp3) is 0.286. The molecule has 0 spiro atoms. The molecule has 1 unspecified atom stereocenters. The van der Waals surface area contributed by atoms with Gasteiger partial charge < -0.3 is 9.84 Å². The Morgan fingerprint density at radius 1 is 1.32 bits per heavy atom. The summed E-state index contributed by atoms with van der Waals surface area (Å²) in [5, 5.41) is 9.01. The van der Waals surface area contributed by atoms with Gasteiger partial charge in [-0.25, -0.2) is 4.39 Å². The lowest BCUT2D eigenvalue weighted by Gasteiger charge is -2.16. The van der Waals surface area contributed by atoms with Crippen molar-refractivity contribution in [2.75, 3.05) is 0 Å². The molecule has 0 bridgehead atoms. The van der Waals surface area contributed by atoms with Gasteiger partial charge in [0.15, 0.2) is 0 Å². The van der Waals surface area contributed by atoms with Gasteiger partial charge in [-0.15, -0.1) is 5.92 Å². The maximum atomic E-state index is 13.3. The van der Waals surface area contributed by atoms with Crippen LogP contribution in [0.3, 0.4) is 0 Å². The molecule has 0 amide bonds. The van der Waals surface area contributed by atoms with Crippen LogP contribution in [-0.4, -0.2) is 11.1 Å². The monoisotopic (exact) mass is 338 g/mol. The summed E-state index contributed by atoms with van der Waals surface area (Å²) in [7, 11) is 0. The number of ether oxygens (including phenoxy) is 1. The first kappa shape index (κ1) is 17.0. The van der Waals surface area contributed by atoms with Crippen molar-refractivity contribution in [2.45, 2.75) is 38.2 Å². The molecular weight excluding hydrogens is 319 g/mol. The molecule has 128 valence electrons. The van der Waals surface area contributed by atoms with E-state index in [9.17, 15) is 9.18 Å². The van der Waals surface area contributed by atoms with Gasteiger partial charge in [-0.1, -0.05) is 24.1 Å². The Hall–Kier alpha value is -2.80. The summed E-state index contributed by atoms with van der Waals surface area (Å²) in [5.41, 5.74) is 2.89. The number of hydrogen-bond donors (Lipinski definition) is 1. The van der Waals surface area contributed by atoms with Crippen molar-refractivity contribution in [3.05, 3.63) is 65.0 Å². The van der Waals surface area contributed by atoms with E-state index in [0.717, 1.165) is 29.5 Å². The van der Waals surface area contributed by atoms with Crippen molar-refractivity contribution < 1.29 is 19.0 Å². The van der Waals surface area contributed by atoms with Crippen molar-refractivity contribution in [1.82, 2.24) is 0 Å². The molecule has 25 heavy (non-hydrogen) atoms. The predicted molar refractivity (Wildman–Crippen MR) is 93.0 cm³/mol. The standard InChI is InChI=1S/C21H19FO3/c1-2-3-15(13-21(23)24)14-4-8-18(9-5-14)25-20-11-6-16-12-17(22)7-10-19(16)20/h4-5,7-10,12,15,20H,6,11,13H2,1H3,(H,23,24)/t15-,20?/m0/s1. The molecule has 0 saturated heterocycles. The minimum absolute atomic E-state index is 0.0252. The lowest BCUT2D eigenvalue weighted by molar-refractivity contribution is -0.137. The Balaban J connectivity index is 1.73. The molecule has 0 aliphatic heterocycles. The predicted octanol–water partition coefficient (Wildman–Crippen LogP) is 4.47. The Labute approximate surface area is 146 Å². The van der Waals surface area contributed by atoms with Crippen LogP contribution >= 0.6 is 0 Å². The van der Waals surface area contributed by atoms with Crippen LogP contribution in [0.2, 0.25) is 0 Å². The molecule has 0 fully saturated rings. The van der Waals surface area contributed by atoms with Gasteiger partial charge in [-0.05, 0) is 60.7 Å². The van der Waals surface area contributed by atoms with Gasteiger partial charge in [0.05, 0.1) is 12.3 Å². The molecule has 1 aliphatic carbocycles. The molecule has 3 rings (SSSR count). The SMILES string of the molecule is CC#C[C@@H](CC(=O)O)c1ccc(OC2CCc3cc(F)ccc32)cc1. The third-order valence-corrected chi connectivity index (χ3v) is 4.39. The van der Waals surface area contributed by atoms with Gasteiger partial charge in [0.1, 0.15) is 17.7 Å². The number of benzene rings is 2. The second-order valence-corrected chi connectivity index (χ2v) is 6.10. The Kier molecular flexibility index (Phi) is 5.04. The van der Waals surface area contributed by atoms with Crippen molar-refractivity contribution in [1.29, 1.82) is 0 Å². The fourth-order valence-corrected chi connectivity index (χ4v) is 3.21. The smallest absolute Gasteiger partial charge is 0.304 e. The van der Waals surface area contributed by atoms with Crippen LogP contribution in [0.1, 0.15) is 48.5 Å². The number of carboxylic acids is 1. The number of fused-ring (bicyclic) bond motifs is 1. The third-order valence-electron chi connectivity index (χ3n) is 4.39. The maximum Gasteiger partial charge on any atom is 0.304 e. The lowest BCUT2D eigenvalue weighted by Crippen LogP contribution is -2.06. The molecule has 2 aromatic rings. The minimum Gasteiger partial charge on any atom is -0.486 e. The Morgan fingerprint density at radius 2 is 2.08 bits per heavy atom. The van der Waals surface area contributed by atoms with Gasteiger partial charge >= 0.3 is 5.97 Å². The van der Waals surface area contributed by atoms with Gasteiger partial charge in [-0.3, -0.25) is 4.79 Å². The molecule has 0 heterocycles. The molecule has 2 aromatic carbocycles. The number of halogens is 1. The highest BCUT2D eigenvalue weighted by Gasteiger charge is 2.24. The molecular formula is C21H19FO3. The third kappa shape index (κ3) is 4.00. The van der Waals surface area contributed by atoms with Crippen LogP contribution in [0, 0.1) is 17.7 Å². The molecule has 4 heteroatoms. The summed E-state index contributed by atoms with van der Waals surface area (Å²) in [5.74, 6) is 5.01. The number of aryl methyl sites for hydroxylation is 1. The van der Waals surface area contributed by atoms with Crippen molar-refractivity contribution >= 4 is 5.97 Å². The normalized spacial score (nSPS) is 16.5. The van der Waals surface area contributed by atoms with Gasteiger partial charge in [0, 0.05) is 0 Å². The zero-order chi connectivity index (χ0) is 17.8. The van der Waals surface area contributed by atoms with E-state index in [0.29, 0.717) is 5.75 Å². The quantitative estimate of drug-likeness (QED) is 0.818. The summed E-state index contributed by atoms with van der Waals surface area (Å²) in [4.78, 5) is 11.0. The van der Waals surface area contributed by atoms with E-state index in [4.69, 9.17) is 9.84 Å². The highest BCUT2D eigenvalue weighted by Crippen LogP contribution is 2.35. The lowest BCUT2D eigenvalue weighted by atomic mass is 9.96. The van der Waals surface area contributed by atoms with E-state index in [1.807, 2.05) is 24.3 Å². The van der Waals surface area contributed by atoms with Crippen LogP contribution in [0.5, 0.6) is 5.75 Å². The van der Waals surface area contributed by atoms with Gasteiger partial charge in [0.2, 0.25) is 0 Å². The topological polar surface area (TPSA) is 46.5 Å². The van der Waals surface area contributed by atoms with E-state index in [1.54, 1.807) is 19.1 Å². The van der Waals surface area contributed by atoms with Crippen LogP contribution in [0.4, 0.5) is 4.39 Å². The second kappa shape index (κ2) is 7.40. The number of carbonyl (C=O) groups is 1. The highest BCUT2D eigenvalue weighted by molar-refractivity contribution is 5.69. The molecule has 0 radical (unpaired) electrons. The number of hydrogen-bond acceptors (Lipinski definition) is 2. The summed E-state index contributed by atoms with van der Waals surface area (Å²) in [6.07, 6.45) is 1.53. The van der Waals surface area contributed by atoms with E-state index >= 15 is 0 Å². The van der Waals surface area contributed by atoms with Crippen LogP contribution in [0.15, 0.2) is 42.5 Å². The van der Waals surface area contributed by atoms with Crippen LogP contribution < -0.4 is 4.74 Å². The molecule has 0 aromatic heterocycles. The number of rotatable bonds is 5. The first-order chi connectivity index (χ1) is 12.1.